The summed E-state index contributed by atoms with van der Waals surface area (Å²) in [6.07, 6.45) is 0.922. The number of hydrogen-bond acceptors (Lipinski definition) is 6. The molecule has 1 heterocycles. The van der Waals surface area contributed by atoms with Crippen LogP contribution >= 0.6 is 35.0 Å². The smallest absolute Gasteiger partial charge is 0.337 e. The molecule has 0 aliphatic rings. The molecule has 0 radical (unpaired) electrons. The van der Waals surface area contributed by atoms with Crippen molar-refractivity contribution < 1.29 is 22.7 Å². The predicted octanol–water partition coefficient (Wildman–Crippen LogP) is 9.21. The Labute approximate surface area is 312 Å². The number of rotatable bonds is 15. The first kappa shape index (κ1) is 36.5. The highest BCUT2D eigenvalue weighted by molar-refractivity contribution is 8.11. The monoisotopic (exact) mass is 758 g/mol. The lowest BCUT2D eigenvalue weighted by Crippen LogP contribution is -2.28. The van der Waals surface area contributed by atoms with Crippen LogP contribution in [0.25, 0.3) is 10.9 Å². The normalized spacial score (nSPS) is 11.6. The van der Waals surface area contributed by atoms with Gasteiger partial charge in [0, 0.05) is 45.9 Å². The number of aromatic nitrogens is 1. The van der Waals surface area contributed by atoms with Crippen molar-refractivity contribution in [3.05, 3.63) is 165 Å². The lowest BCUT2D eigenvalue weighted by atomic mass is 9.97. The van der Waals surface area contributed by atoms with Gasteiger partial charge in [0.2, 0.25) is 10.0 Å². The highest BCUT2D eigenvalue weighted by Crippen LogP contribution is 2.38. The number of halogens is 2. The summed E-state index contributed by atoms with van der Waals surface area (Å²) in [5.74, 6) is 0.196. The highest BCUT2D eigenvalue weighted by atomic mass is 35.5. The van der Waals surface area contributed by atoms with Gasteiger partial charge in [0.1, 0.15) is 10.8 Å². The second-order valence-corrected chi connectivity index (χ2v) is 15.8. The molecule has 0 fully saturated rings. The van der Waals surface area contributed by atoms with Crippen LogP contribution < -0.4 is 9.46 Å². The molecule has 0 spiro atoms. The van der Waals surface area contributed by atoms with Crippen LogP contribution in [-0.4, -0.2) is 44.3 Å². The zero-order valence-electron chi connectivity index (χ0n) is 27.8. The van der Waals surface area contributed by atoms with E-state index in [1.54, 1.807) is 36.4 Å². The van der Waals surface area contributed by atoms with Crippen molar-refractivity contribution >= 4 is 61.9 Å². The zero-order chi connectivity index (χ0) is 35.8. The van der Waals surface area contributed by atoms with E-state index in [4.69, 9.17) is 32.7 Å². The maximum Gasteiger partial charge on any atom is 0.337 e. The molecule has 262 valence electrons. The number of nitrogens with zero attached hydrogens (tertiary/aromatic N) is 1. The van der Waals surface area contributed by atoms with Gasteiger partial charge >= 0.3 is 5.97 Å². The van der Waals surface area contributed by atoms with Crippen LogP contribution in [0.2, 0.25) is 10.0 Å². The highest BCUT2D eigenvalue weighted by Gasteiger charge is 2.26. The lowest BCUT2D eigenvalue weighted by molar-refractivity contribution is 0.0600. The molecule has 0 saturated carbocycles. The topological polar surface area (TPSA) is 86.6 Å². The Morgan fingerprint density at radius 2 is 1.47 bits per heavy atom. The van der Waals surface area contributed by atoms with Crippen molar-refractivity contribution in [2.45, 2.75) is 23.8 Å². The van der Waals surface area contributed by atoms with Crippen molar-refractivity contribution in [3.8, 4) is 5.75 Å². The minimum absolute atomic E-state index is 0.165. The number of hydrogen-bond donors (Lipinski definition) is 1. The lowest BCUT2D eigenvalue weighted by Gasteiger charge is -2.25. The van der Waals surface area contributed by atoms with Crippen molar-refractivity contribution in [3.63, 3.8) is 0 Å². The van der Waals surface area contributed by atoms with Crippen LogP contribution in [-0.2, 0) is 27.6 Å². The van der Waals surface area contributed by atoms with Crippen LogP contribution in [0.1, 0.15) is 38.8 Å². The van der Waals surface area contributed by atoms with Gasteiger partial charge in [-0.15, -0.1) is 11.8 Å². The Morgan fingerprint density at radius 3 is 2.12 bits per heavy atom. The molecule has 1 aromatic heterocycles. The van der Waals surface area contributed by atoms with Crippen LogP contribution in [0.4, 0.5) is 0 Å². The van der Waals surface area contributed by atoms with E-state index < -0.39 is 16.0 Å². The van der Waals surface area contributed by atoms with Gasteiger partial charge < -0.3 is 14.0 Å². The van der Waals surface area contributed by atoms with Gasteiger partial charge in [0.15, 0.2) is 0 Å². The molecule has 7 nitrogen and oxygen atoms in total. The molecule has 1 N–H and O–H groups in total. The van der Waals surface area contributed by atoms with E-state index in [0.29, 0.717) is 45.7 Å². The molecule has 6 rings (SSSR count). The second-order valence-electron chi connectivity index (χ2n) is 11.7. The third-order valence-electron chi connectivity index (χ3n) is 8.46. The average Bonchev–Trinajstić information content (AvgIpc) is 3.43. The number of sulfonamides is 1. The summed E-state index contributed by atoms with van der Waals surface area (Å²) in [7, 11) is -2.31. The number of methoxy groups -OCH3 is 1. The van der Waals surface area contributed by atoms with Gasteiger partial charge in [-0.25, -0.2) is 17.9 Å². The summed E-state index contributed by atoms with van der Waals surface area (Å²) in [5.41, 5.74) is 5.56. The minimum Gasteiger partial charge on any atom is -0.493 e. The van der Waals surface area contributed by atoms with Gasteiger partial charge in [-0.05, 0) is 71.3 Å². The first-order chi connectivity index (χ1) is 24.7. The number of thioether (sulfide) groups is 1. The van der Waals surface area contributed by atoms with Gasteiger partial charge in [-0.2, -0.15) is 0 Å². The molecular weight excluding hydrogens is 723 g/mol. The number of benzene rings is 5. The van der Waals surface area contributed by atoms with Crippen molar-refractivity contribution in [2.75, 3.05) is 25.3 Å². The van der Waals surface area contributed by atoms with Crippen LogP contribution in [0.3, 0.4) is 0 Å². The Hall–Kier alpha value is -4.25. The summed E-state index contributed by atoms with van der Waals surface area (Å²) in [5, 5.41) is 1.91. The van der Waals surface area contributed by atoms with E-state index in [0.717, 1.165) is 33.3 Å². The van der Waals surface area contributed by atoms with E-state index >= 15 is 0 Å². The van der Waals surface area contributed by atoms with Crippen LogP contribution in [0.15, 0.2) is 132 Å². The molecule has 5 aromatic carbocycles. The van der Waals surface area contributed by atoms with Crippen LogP contribution in [0.5, 0.6) is 5.75 Å². The van der Waals surface area contributed by atoms with Gasteiger partial charge in [-0.3, -0.25) is 0 Å². The molecule has 11 heteroatoms. The van der Waals surface area contributed by atoms with Gasteiger partial charge in [-0.1, -0.05) is 96.0 Å². The van der Waals surface area contributed by atoms with Gasteiger partial charge in [0.05, 0.1) is 30.3 Å². The molecule has 0 atom stereocenters. The average molecular weight is 760 g/mol. The maximum absolute atomic E-state index is 13.2. The largest absolute Gasteiger partial charge is 0.493 e. The Bertz CT molecular complexity index is 2170. The molecule has 0 bridgehead atoms. The van der Waals surface area contributed by atoms with Crippen molar-refractivity contribution in [1.82, 2.24) is 9.29 Å². The van der Waals surface area contributed by atoms with Crippen molar-refractivity contribution in [2.24, 2.45) is 0 Å². The van der Waals surface area contributed by atoms with E-state index in [1.807, 2.05) is 66.7 Å². The first-order valence-electron chi connectivity index (χ1n) is 16.3. The predicted molar refractivity (Wildman–Crippen MR) is 207 cm³/mol. The third-order valence-corrected chi connectivity index (χ3v) is 12.2. The first-order valence-corrected chi connectivity index (χ1v) is 19.7. The van der Waals surface area contributed by atoms with E-state index in [9.17, 15) is 13.2 Å². The zero-order valence-corrected chi connectivity index (χ0v) is 30.9. The molecular formula is C40H36Cl2N2O5S2. The molecule has 6 aromatic rings. The molecule has 0 aliphatic carbocycles. The molecule has 0 amide bonds. The summed E-state index contributed by atoms with van der Waals surface area (Å²) in [4.78, 5) is 12.6. The number of carbonyl (C=O) groups is 1. The van der Waals surface area contributed by atoms with Crippen molar-refractivity contribution in [1.29, 1.82) is 0 Å². The fourth-order valence-electron chi connectivity index (χ4n) is 6.16. The number of carbonyl (C=O) groups excluding carboxylic acids is 1. The third kappa shape index (κ3) is 8.98. The van der Waals surface area contributed by atoms with Crippen LogP contribution in [0, 0.1) is 0 Å². The molecule has 0 aliphatic heterocycles. The summed E-state index contributed by atoms with van der Waals surface area (Å²) in [6, 6.07) is 40.2. The quantitative estimate of drug-likeness (QED) is 0.0831. The molecule has 0 saturated heterocycles. The fraction of sp³-hybridized carbons (Fsp3) is 0.175. The molecule has 51 heavy (non-hydrogen) atoms. The summed E-state index contributed by atoms with van der Waals surface area (Å²) >= 11 is 14.1. The Balaban J connectivity index is 1.36. The number of nitrogens with one attached hydrogen (secondary N) is 1. The fourth-order valence-corrected chi connectivity index (χ4v) is 8.89. The maximum atomic E-state index is 13.2. The number of ether oxygens (including phenoxy) is 2. The van der Waals surface area contributed by atoms with Gasteiger partial charge in [0.25, 0.3) is 0 Å². The summed E-state index contributed by atoms with van der Waals surface area (Å²) in [6.45, 7) is 0.506. The van der Waals surface area contributed by atoms with E-state index in [1.165, 1.54) is 18.9 Å². The minimum atomic E-state index is -3.65. The number of esters is 1. The van der Waals surface area contributed by atoms with E-state index in [-0.39, 0.29) is 17.7 Å². The SMILES string of the molecule is COC(=O)c1ccc(OCCc2c(CCNS(=O)(=O)CSc3ccccc3Cl)n(C(c3ccccc3)c3ccccc3)c3ccc(Cl)cc23)cc1. The number of fused-ring (bicyclic) bond motifs is 1. The second kappa shape index (κ2) is 16.8. The molecule has 0 unspecified atom stereocenters. The summed E-state index contributed by atoms with van der Waals surface area (Å²) < 4.78 is 42.6. The standard InChI is InChI=1S/C40H36Cl2N2O5S2/c1-48-40(45)30-16-19-32(20-17-30)49-25-23-33-34-26-31(41)18-21-36(34)44(39(28-10-4-2-5-11-28)29-12-6-3-7-13-29)37(33)22-24-43-51(46,47)27-50-38-15-9-8-14-35(38)42/h2-21,26,39,43H,22-25,27H2,1H3. The Morgan fingerprint density at radius 1 is 0.824 bits per heavy atom. The van der Waals surface area contributed by atoms with E-state index in [2.05, 4.69) is 33.6 Å². The Kier molecular flexibility index (Phi) is 12.1.